The molecule has 1 aromatic heterocycles. The van der Waals surface area contributed by atoms with Gasteiger partial charge in [-0.05, 0) is 42.8 Å². The van der Waals surface area contributed by atoms with Gasteiger partial charge in [-0.3, -0.25) is 9.69 Å². The lowest BCUT2D eigenvalue weighted by Crippen LogP contribution is -2.32. The van der Waals surface area contributed by atoms with Gasteiger partial charge in [0, 0.05) is 23.0 Å². The van der Waals surface area contributed by atoms with Crippen LogP contribution < -0.4 is 0 Å². The number of hydrogen-bond acceptors (Lipinski definition) is 4. The van der Waals surface area contributed by atoms with Gasteiger partial charge >= 0.3 is 6.03 Å². The third-order valence-corrected chi connectivity index (χ3v) is 4.15. The van der Waals surface area contributed by atoms with Gasteiger partial charge in [-0.25, -0.2) is 9.80 Å². The Balaban J connectivity index is 1.67. The Morgan fingerprint density at radius 2 is 1.92 bits per heavy atom. The van der Waals surface area contributed by atoms with Crippen LogP contribution in [-0.4, -0.2) is 47.0 Å². The fourth-order valence-corrected chi connectivity index (χ4v) is 2.62. The van der Waals surface area contributed by atoms with E-state index in [1.165, 1.54) is 6.21 Å². The van der Waals surface area contributed by atoms with Crippen molar-refractivity contribution in [2.24, 2.45) is 5.10 Å². The van der Waals surface area contributed by atoms with Crippen LogP contribution in [0.2, 0.25) is 5.02 Å². The van der Waals surface area contributed by atoms with Crippen molar-refractivity contribution in [1.82, 2.24) is 9.91 Å². The molecule has 8 heteroatoms. The van der Waals surface area contributed by atoms with E-state index < -0.39 is 6.03 Å². The second kappa shape index (κ2) is 7.72. The molecule has 0 saturated carbocycles. The summed E-state index contributed by atoms with van der Waals surface area (Å²) in [6.45, 7) is 0.219. The summed E-state index contributed by atoms with van der Waals surface area (Å²) in [5.41, 5.74) is 0.878. The van der Waals surface area contributed by atoms with E-state index in [4.69, 9.17) is 27.6 Å². The van der Waals surface area contributed by atoms with Crippen LogP contribution in [0.3, 0.4) is 0 Å². The number of furan rings is 1. The highest BCUT2D eigenvalue weighted by atomic mass is 35.5. The second-order valence-electron chi connectivity index (χ2n) is 5.38. The fraction of sp³-hybridized carbons (Fsp3) is 0.235. The summed E-state index contributed by atoms with van der Waals surface area (Å²) in [6, 6.07) is 10.3. The number of carbonyl (C=O) groups is 2. The van der Waals surface area contributed by atoms with Gasteiger partial charge in [0.05, 0.1) is 6.21 Å². The van der Waals surface area contributed by atoms with E-state index in [9.17, 15) is 9.59 Å². The minimum atomic E-state index is -0.448. The zero-order chi connectivity index (χ0) is 17.8. The average molecular weight is 380 g/mol. The number of benzene rings is 1. The molecule has 0 bridgehead atoms. The highest BCUT2D eigenvalue weighted by Crippen LogP contribution is 2.23. The molecule has 1 aromatic carbocycles. The summed E-state index contributed by atoms with van der Waals surface area (Å²) in [5, 5.41) is 5.81. The third-order valence-electron chi connectivity index (χ3n) is 3.63. The van der Waals surface area contributed by atoms with Crippen molar-refractivity contribution in [2.45, 2.75) is 6.42 Å². The number of imide groups is 1. The van der Waals surface area contributed by atoms with E-state index in [0.717, 1.165) is 15.5 Å². The lowest BCUT2D eigenvalue weighted by Gasteiger charge is -2.12. The fourth-order valence-electron chi connectivity index (χ4n) is 2.37. The third kappa shape index (κ3) is 4.03. The van der Waals surface area contributed by atoms with Crippen molar-refractivity contribution in [2.75, 3.05) is 19.0 Å². The van der Waals surface area contributed by atoms with E-state index >= 15 is 0 Å². The Kier molecular flexibility index (Phi) is 5.40. The predicted molar refractivity (Wildman–Crippen MR) is 95.9 cm³/mol. The van der Waals surface area contributed by atoms with Crippen LogP contribution in [-0.2, 0) is 4.79 Å². The molecule has 0 atom stereocenters. The van der Waals surface area contributed by atoms with E-state index in [2.05, 4.69) is 5.10 Å². The Labute approximate surface area is 154 Å². The largest absolute Gasteiger partial charge is 0.455 e. The molecule has 1 aliphatic heterocycles. The van der Waals surface area contributed by atoms with Gasteiger partial charge in [0.25, 0.3) is 5.91 Å². The van der Waals surface area contributed by atoms with Gasteiger partial charge in [0.1, 0.15) is 18.1 Å². The molecule has 0 unspecified atom stereocenters. The standard InChI is InChI=1S/C17H15Cl2N3O3/c18-8-1-9-21-16(23)11-22(17(21)24)20-10-14-6-7-15(25-14)12-2-4-13(19)5-3-12/h2-7,10H,1,8-9,11H2. The van der Waals surface area contributed by atoms with Crippen molar-refractivity contribution < 1.29 is 14.0 Å². The van der Waals surface area contributed by atoms with E-state index in [-0.39, 0.29) is 12.5 Å². The van der Waals surface area contributed by atoms with Crippen molar-refractivity contribution in [3.8, 4) is 11.3 Å². The van der Waals surface area contributed by atoms with Crippen LogP contribution in [0.25, 0.3) is 11.3 Å². The number of urea groups is 1. The molecule has 0 radical (unpaired) electrons. The summed E-state index contributed by atoms with van der Waals surface area (Å²) in [7, 11) is 0. The lowest BCUT2D eigenvalue weighted by molar-refractivity contribution is -0.125. The maximum Gasteiger partial charge on any atom is 0.347 e. The van der Waals surface area contributed by atoms with Gasteiger partial charge in [-0.15, -0.1) is 11.6 Å². The Morgan fingerprint density at radius 1 is 1.16 bits per heavy atom. The molecule has 2 aromatic rings. The average Bonchev–Trinajstić information content (AvgIpc) is 3.17. The van der Waals surface area contributed by atoms with E-state index in [1.807, 2.05) is 12.1 Å². The summed E-state index contributed by atoms with van der Waals surface area (Å²) in [4.78, 5) is 25.1. The molecular formula is C17H15Cl2N3O3. The first kappa shape index (κ1) is 17.5. The normalized spacial score (nSPS) is 15.0. The monoisotopic (exact) mass is 379 g/mol. The molecule has 130 valence electrons. The maximum absolute atomic E-state index is 12.1. The van der Waals surface area contributed by atoms with Gasteiger partial charge in [0.2, 0.25) is 0 Å². The molecule has 2 heterocycles. The molecule has 0 aliphatic carbocycles. The number of alkyl halides is 1. The van der Waals surface area contributed by atoms with Crippen molar-refractivity contribution in [3.05, 3.63) is 47.2 Å². The van der Waals surface area contributed by atoms with E-state index in [0.29, 0.717) is 35.4 Å². The number of hydrazone groups is 1. The summed E-state index contributed by atoms with van der Waals surface area (Å²) >= 11 is 11.5. The Bertz CT molecular complexity index is 802. The number of halogens is 2. The lowest BCUT2D eigenvalue weighted by atomic mass is 10.2. The highest BCUT2D eigenvalue weighted by molar-refractivity contribution is 6.30. The summed E-state index contributed by atoms with van der Waals surface area (Å²) in [6.07, 6.45) is 1.97. The Hall–Kier alpha value is -2.31. The van der Waals surface area contributed by atoms with Crippen molar-refractivity contribution in [3.63, 3.8) is 0 Å². The molecule has 0 spiro atoms. The maximum atomic E-state index is 12.1. The molecular weight excluding hydrogens is 365 g/mol. The molecule has 3 amide bonds. The van der Waals surface area contributed by atoms with Crippen LogP contribution in [0.5, 0.6) is 0 Å². The minimum Gasteiger partial charge on any atom is -0.455 e. The SMILES string of the molecule is O=C1CN(N=Cc2ccc(-c3ccc(Cl)cc3)o2)C(=O)N1CCCCl. The van der Waals surface area contributed by atoms with Crippen LogP contribution in [0.1, 0.15) is 12.2 Å². The molecule has 1 aliphatic rings. The first-order valence-corrected chi connectivity index (χ1v) is 8.57. The van der Waals surface area contributed by atoms with Gasteiger partial charge in [-0.2, -0.15) is 5.10 Å². The number of nitrogens with zero attached hydrogens (tertiary/aromatic N) is 3. The number of rotatable bonds is 6. The van der Waals surface area contributed by atoms with Crippen LogP contribution in [0.15, 0.2) is 45.9 Å². The molecule has 6 nitrogen and oxygen atoms in total. The minimum absolute atomic E-state index is 0.0810. The first-order valence-electron chi connectivity index (χ1n) is 7.66. The molecule has 1 saturated heterocycles. The number of hydrogen-bond donors (Lipinski definition) is 0. The number of carbonyl (C=O) groups excluding carboxylic acids is 2. The summed E-state index contributed by atoms with van der Waals surface area (Å²) in [5.74, 6) is 1.24. The van der Waals surface area contributed by atoms with Crippen molar-refractivity contribution in [1.29, 1.82) is 0 Å². The van der Waals surface area contributed by atoms with Crippen LogP contribution in [0, 0.1) is 0 Å². The van der Waals surface area contributed by atoms with Crippen LogP contribution in [0.4, 0.5) is 4.79 Å². The molecule has 1 fully saturated rings. The van der Waals surface area contributed by atoms with Crippen LogP contribution >= 0.6 is 23.2 Å². The highest BCUT2D eigenvalue weighted by Gasteiger charge is 2.35. The quantitative estimate of drug-likeness (QED) is 0.435. The molecule has 25 heavy (non-hydrogen) atoms. The van der Waals surface area contributed by atoms with Crippen molar-refractivity contribution >= 4 is 41.4 Å². The topological polar surface area (TPSA) is 66.1 Å². The zero-order valence-corrected chi connectivity index (χ0v) is 14.7. The second-order valence-corrected chi connectivity index (χ2v) is 6.20. The van der Waals surface area contributed by atoms with Gasteiger partial charge in [0.15, 0.2) is 0 Å². The van der Waals surface area contributed by atoms with Gasteiger partial charge < -0.3 is 4.42 Å². The predicted octanol–water partition coefficient (Wildman–Crippen LogP) is 3.83. The van der Waals surface area contributed by atoms with E-state index in [1.54, 1.807) is 24.3 Å². The first-order chi connectivity index (χ1) is 12.1. The molecule has 0 N–H and O–H groups in total. The molecule has 3 rings (SSSR count). The summed E-state index contributed by atoms with van der Waals surface area (Å²) < 4.78 is 5.68. The zero-order valence-electron chi connectivity index (χ0n) is 13.2. The Morgan fingerprint density at radius 3 is 2.64 bits per heavy atom. The smallest absolute Gasteiger partial charge is 0.347 e. The van der Waals surface area contributed by atoms with Gasteiger partial charge in [-0.1, -0.05) is 11.6 Å². The number of amides is 3.